The van der Waals surface area contributed by atoms with E-state index in [9.17, 15) is 13.5 Å². The number of rotatable bonds is 4. The number of hydrogen-bond donors (Lipinski definition) is 2. The van der Waals surface area contributed by atoms with Gasteiger partial charge in [-0.15, -0.1) is 0 Å². The fraction of sp³-hybridized carbons (Fsp3) is 0.261. The van der Waals surface area contributed by atoms with Crippen LogP contribution in [0.5, 0.6) is 5.88 Å². The minimum Gasteiger partial charge on any atom is -0.481 e. The van der Waals surface area contributed by atoms with Crippen LogP contribution >= 0.6 is 0 Å². The first-order valence-electron chi connectivity index (χ1n) is 10.3. The fourth-order valence-electron chi connectivity index (χ4n) is 4.56. The highest BCUT2D eigenvalue weighted by molar-refractivity contribution is 7.94. The Morgan fingerprint density at radius 3 is 2.70 bits per heavy atom. The van der Waals surface area contributed by atoms with E-state index in [4.69, 9.17) is 10.5 Å². The number of sulfone groups is 1. The van der Waals surface area contributed by atoms with E-state index in [0.717, 1.165) is 5.56 Å². The molecule has 2 atom stereocenters. The molecule has 3 aromatic heterocycles. The molecule has 0 amide bonds. The second-order valence-electron chi connectivity index (χ2n) is 8.33. The van der Waals surface area contributed by atoms with Crippen LogP contribution in [0.15, 0.2) is 47.8 Å². The monoisotopic (exact) mass is 465 g/mol. The van der Waals surface area contributed by atoms with Gasteiger partial charge in [-0.05, 0) is 44.5 Å². The number of methoxy groups -OCH3 is 1. The molecular formula is C23H23N5O4S. The summed E-state index contributed by atoms with van der Waals surface area (Å²) in [5.41, 5.74) is 10.7. The second-order valence-corrected chi connectivity index (χ2v) is 10.6. The molecule has 0 radical (unpaired) electrons. The van der Waals surface area contributed by atoms with Gasteiger partial charge in [-0.25, -0.2) is 23.4 Å². The van der Waals surface area contributed by atoms with Gasteiger partial charge in [0.2, 0.25) is 5.88 Å². The van der Waals surface area contributed by atoms with Gasteiger partial charge in [0.25, 0.3) is 0 Å². The molecule has 3 N–H and O–H groups in total. The van der Waals surface area contributed by atoms with Crippen molar-refractivity contribution in [2.45, 2.75) is 36.5 Å². The predicted molar refractivity (Wildman–Crippen MR) is 124 cm³/mol. The SMILES string of the molecule is COc1ncccc1-c1cn2c(-c3c(C)ccc4c3C(C)(C(C)O)S4(=O)=O)cnc2c(N)n1. The maximum absolute atomic E-state index is 13.0. The van der Waals surface area contributed by atoms with E-state index >= 15 is 0 Å². The largest absolute Gasteiger partial charge is 0.481 e. The van der Waals surface area contributed by atoms with E-state index in [1.165, 1.54) is 14.0 Å². The Kier molecular flexibility index (Phi) is 4.53. The number of nitrogen functional groups attached to an aromatic ring is 1. The molecule has 9 nitrogen and oxygen atoms in total. The minimum atomic E-state index is -3.67. The molecule has 0 spiro atoms. The number of aliphatic hydroxyl groups excluding tert-OH is 1. The van der Waals surface area contributed by atoms with Crippen LogP contribution in [0.1, 0.15) is 25.0 Å². The first-order valence-corrected chi connectivity index (χ1v) is 11.8. The molecule has 1 aliphatic rings. The van der Waals surface area contributed by atoms with Crippen molar-refractivity contribution in [1.29, 1.82) is 0 Å². The van der Waals surface area contributed by atoms with Crippen molar-refractivity contribution in [3.05, 3.63) is 54.0 Å². The van der Waals surface area contributed by atoms with Crippen LogP contribution in [0, 0.1) is 6.92 Å². The van der Waals surface area contributed by atoms with Crippen molar-refractivity contribution in [3.8, 4) is 28.4 Å². The predicted octanol–water partition coefficient (Wildman–Crippen LogP) is 2.74. The van der Waals surface area contributed by atoms with Gasteiger partial charge in [-0.3, -0.25) is 4.40 Å². The van der Waals surface area contributed by atoms with E-state index in [0.29, 0.717) is 39.6 Å². The number of hydrogen-bond acceptors (Lipinski definition) is 8. The average molecular weight is 466 g/mol. The quantitative estimate of drug-likeness (QED) is 0.470. The molecule has 4 heterocycles. The summed E-state index contributed by atoms with van der Waals surface area (Å²) in [6.07, 6.45) is 3.95. The molecule has 0 saturated carbocycles. The molecule has 4 aromatic rings. The Morgan fingerprint density at radius 2 is 2.00 bits per heavy atom. The lowest BCUT2D eigenvalue weighted by molar-refractivity contribution is 0.141. The molecule has 0 saturated heterocycles. The molecular weight excluding hydrogens is 442 g/mol. The van der Waals surface area contributed by atoms with Gasteiger partial charge in [0, 0.05) is 23.5 Å². The van der Waals surface area contributed by atoms with Gasteiger partial charge < -0.3 is 15.6 Å². The zero-order chi connectivity index (χ0) is 23.7. The standard InChI is InChI=1S/C23H23N5O4S/c1-12-7-8-17-19(23(3,13(2)29)33(17,30)31)18(12)16-10-26-21-20(24)27-15(11-28(16)21)14-6-5-9-25-22(14)32-4/h5-11,13,29H,1-4H3,(H2,24,27). The van der Waals surface area contributed by atoms with Crippen molar-refractivity contribution in [1.82, 2.24) is 19.4 Å². The van der Waals surface area contributed by atoms with E-state index in [1.807, 2.05) is 13.0 Å². The van der Waals surface area contributed by atoms with Crippen LogP contribution in [-0.4, -0.2) is 46.1 Å². The minimum absolute atomic E-state index is 0.211. The second kappa shape index (κ2) is 7.00. The number of anilines is 1. The topological polar surface area (TPSA) is 133 Å². The highest BCUT2D eigenvalue weighted by atomic mass is 32.2. The smallest absolute Gasteiger partial charge is 0.222 e. The number of fused-ring (bicyclic) bond motifs is 2. The van der Waals surface area contributed by atoms with Gasteiger partial charge in [0.1, 0.15) is 4.75 Å². The van der Waals surface area contributed by atoms with Crippen LogP contribution < -0.4 is 10.5 Å². The number of nitrogens with zero attached hydrogens (tertiary/aromatic N) is 4. The van der Waals surface area contributed by atoms with E-state index < -0.39 is 20.7 Å². The molecule has 1 aromatic carbocycles. The Hall–Kier alpha value is -3.50. The number of pyridine rings is 1. The Labute approximate surface area is 190 Å². The lowest BCUT2D eigenvalue weighted by atomic mass is 9.86. The van der Waals surface area contributed by atoms with Gasteiger partial charge in [0.05, 0.1) is 41.3 Å². The zero-order valence-electron chi connectivity index (χ0n) is 18.6. The number of benzene rings is 1. The molecule has 2 unspecified atom stereocenters. The fourth-order valence-corrected chi connectivity index (χ4v) is 6.62. The van der Waals surface area contributed by atoms with Crippen molar-refractivity contribution in [2.24, 2.45) is 0 Å². The molecule has 33 heavy (non-hydrogen) atoms. The van der Waals surface area contributed by atoms with Gasteiger partial charge in [0.15, 0.2) is 21.3 Å². The van der Waals surface area contributed by atoms with Crippen LogP contribution in [0.2, 0.25) is 0 Å². The zero-order valence-corrected chi connectivity index (χ0v) is 19.4. The lowest BCUT2D eigenvalue weighted by Gasteiger charge is -2.44. The summed E-state index contributed by atoms with van der Waals surface area (Å²) in [6, 6.07) is 6.96. The first-order chi connectivity index (χ1) is 15.6. The summed E-state index contributed by atoms with van der Waals surface area (Å²) in [6.45, 7) is 4.96. The molecule has 0 aliphatic carbocycles. The Bertz CT molecular complexity index is 1540. The normalized spacial score (nSPS) is 19.7. The maximum atomic E-state index is 13.0. The third kappa shape index (κ3) is 2.67. The third-order valence-electron chi connectivity index (χ3n) is 6.53. The number of ether oxygens (including phenoxy) is 1. The summed E-state index contributed by atoms with van der Waals surface area (Å²) in [5.74, 6) is 0.612. The van der Waals surface area contributed by atoms with Crippen molar-refractivity contribution >= 4 is 21.3 Å². The van der Waals surface area contributed by atoms with Crippen LogP contribution in [-0.2, 0) is 14.6 Å². The van der Waals surface area contributed by atoms with Crippen molar-refractivity contribution < 1.29 is 18.3 Å². The van der Waals surface area contributed by atoms with Gasteiger partial charge in [-0.2, -0.15) is 0 Å². The van der Waals surface area contributed by atoms with Crippen molar-refractivity contribution in [2.75, 3.05) is 12.8 Å². The van der Waals surface area contributed by atoms with Gasteiger partial charge >= 0.3 is 0 Å². The summed E-state index contributed by atoms with van der Waals surface area (Å²) >= 11 is 0. The summed E-state index contributed by atoms with van der Waals surface area (Å²) in [7, 11) is -2.15. The van der Waals surface area contributed by atoms with Crippen LogP contribution in [0.25, 0.3) is 28.2 Å². The molecule has 170 valence electrons. The number of aliphatic hydroxyl groups is 1. The highest BCUT2D eigenvalue weighted by Crippen LogP contribution is 2.55. The third-order valence-corrected chi connectivity index (χ3v) is 9.11. The number of imidazole rings is 1. The van der Waals surface area contributed by atoms with Crippen LogP contribution in [0.4, 0.5) is 5.82 Å². The Morgan fingerprint density at radius 1 is 1.24 bits per heavy atom. The van der Waals surface area contributed by atoms with Gasteiger partial charge in [-0.1, -0.05) is 6.07 Å². The molecule has 5 rings (SSSR count). The first kappa shape index (κ1) is 21.4. The van der Waals surface area contributed by atoms with Crippen molar-refractivity contribution in [3.63, 3.8) is 0 Å². The van der Waals surface area contributed by atoms with E-state index in [2.05, 4.69) is 15.0 Å². The Balaban J connectivity index is 1.83. The maximum Gasteiger partial charge on any atom is 0.222 e. The molecule has 1 aliphatic heterocycles. The molecule has 0 bridgehead atoms. The lowest BCUT2D eigenvalue weighted by Crippen LogP contribution is -2.51. The number of aryl methyl sites for hydroxylation is 1. The van der Waals surface area contributed by atoms with E-state index in [1.54, 1.807) is 48.1 Å². The summed E-state index contributed by atoms with van der Waals surface area (Å²) in [4.78, 5) is 13.4. The molecule has 10 heteroatoms. The number of aromatic nitrogens is 4. The average Bonchev–Trinajstić information content (AvgIpc) is 3.22. The van der Waals surface area contributed by atoms with E-state index in [-0.39, 0.29) is 10.7 Å². The number of nitrogens with two attached hydrogens (primary N) is 1. The highest BCUT2D eigenvalue weighted by Gasteiger charge is 2.58. The summed E-state index contributed by atoms with van der Waals surface area (Å²) in [5, 5.41) is 10.5. The molecule has 0 fully saturated rings. The van der Waals surface area contributed by atoms with Crippen LogP contribution in [0.3, 0.4) is 0 Å². The summed E-state index contributed by atoms with van der Waals surface area (Å²) < 4.78 is 31.8.